The summed E-state index contributed by atoms with van der Waals surface area (Å²) in [5.74, 6) is 2.44. The molecule has 28 heavy (non-hydrogen) atoms. The predicted molar refractivity (Wildman–Crippen MR) is 116 cm³/mol. The number of aromatic nitrogens is 1. The topological polar surface area (TPSA) is 25.4 Å². The summed E-state index contributed by atoms with van der Waals surface area (Å²) in [6, 6.07) is 6.69. The summed E-state index contributed by atoms with van der Waals surface area (Å²) in [5, 5.41) is 0. The smallest absolute Gasteiger partial charge is 0.154 e. The van der Waals surface area contributed by atoms with Crippen LogP contribution in [0.5, 0.6) is 5.75 Å². The SMILES string of the molecule is CCCCCc1cc(C)c(N2C3=C(CC(C)C=C3)Oc3ccncc32)c(C)c1. The molecule has 2 heterocycles. The molecule has 1 aliphatic heterocycles. The van der Waals surface area contributed by atoms with E-state index in [0.717, 1.165) is 35.7 Å². The fourth-order valence-electron chi connectivity index (χ4n) is 4.36. The first kappa shape index (κ1) is 18.8. The maximum Gasteiger partial charge on any atom is 0.154 e. The summed E-state index contributed by atoms with van der Waals surface area (Å²) in [6.07, 6.45) is 14.1. The summed E-state index contributed by atoms with van der Waals surface area (Å²) in [6.45, 7) is 8.95. The Morgan fingerprint density at radius 1 is 1.18 bits per heavy atom. The van der Waals surface area contributed by atoms with E-state index in [1.165, 1.54) is 41.6 Å². The van der Waals surface area contributed by atoms with Crippen LogP contribution in [0.15, 0.2) is 54.2 Å². The zero-order valence-corrected chi connectivity index (χ0v) is 17.5. The van der Waals surface area contributed by atoms with Crippen molar-refractivity contribution in [3.8, 4) is 5.75 Å². The molecule has 4 rings (SSSR count). The lowest BCUT2D eigenvalue weighted by Gasteiger charge is -2.37. The van der Waals surface area contributed by atoms with E-state index in [4.69, 9.17) is 4.74 Å². The molecule has 1 unspecified atom stereocenters. The Bertz CT molecular complexity index is 918. The van der Waals surface area contributed by atoms with Gasteiger partial charge in [0.1, 0.15) is 11.4 Å². The molecule has 1 aromatic heterocycles. The molecule has 0 radical (unpaired) electrons. The molecule has 2 aliphatic rings. The fourth-order valence-corrected chi connectivity index (χ4v) is 4.36. The second kappa shape index (κ2) is 7.83. The number of allylic oxidation sites excluding steroid dienone is 3. The number of unbranched alkanes of at least 4 members (excludes halogenated alkanes) is 2. The van der Waals surface area contributed by atoms with E-state index in [0.29, 0.717) is 5.92 Å². The van der Waals surface area contributed by atoms with Crippen molar-refractivity contribution in [1.29, 1.82) is 0 Å². The Morgan fingerprint density at radius 2 is 1.96 bits per heavy atom. The van der Waals surface area contributed by atoms with Crippen LogP contribution in [0.3, 0.4) is 0 Å². The standard InChI is InChI=1S/C25H30N2O/c1-5-6-7-8-20-14-18(3)25(19(4)15-20)27-21-10-9-17(2)13-24(21)28-23-11-12-26-16-22(23)27/h9-12,14-17H,5-8,13H2,1-4H3. The zero-order chi connectivity index (χ0) is 19.7. The van der Waals surface area contributed by atoms with Gasteiger partial charge in [-0.3, -0.25) is 4.98 Å². The number of hydrogen-bond donors (Lipinski definition) is 0. The summed E-state index contributed by atoms with van der Waals surface area (Å²) < 4.78 is 6.27. The van der Waals surface area contributed by atoms with E-state index in [1.807, 2.05) is 12.3 Å². The van der Waals surface area contributed by atoms with Gasteiger partial charge in [0.2, 0.25) is 0 Å². The minimum atomic E-state index is 0.493. The number of nitrogens with zero attached hydrogens (tertiary/aromatic N) is 2. The molecule has 1 aromatic carbocycles. The van der Waals surface area contributed by atoms with Crippen LogP contribution in [-0.4, -0.2) is 4.98 Å². The van der Waals surface area contributed by atoms with Gasteiger partial charge in [-0.25, -0.2) is 0 Å². The van der Waals surface area contributed by atoms with Gasteiger partial charge in [0.25, 0.3) is 0 Å². The van der Waals surface area contributed by atoms with Gasteiger partial charge in [-0.05, 0) is 55.4 Å². The molecule has 3 nitrogen and oxygen atoms in total. The first-order valence-electron chi connectivity index (χ1n) is 10.5. The third-order valence-electron chi connectivity index (χ3n) is 5.70. The van der Waals surface area contributed by atoms with Crippen molar-refractivity contribution in [3.63, 3.8) is 0 Å². The maximum absolute atomic E-state index is 6.27. The van der Waals surface area contributed by atoms with Crippen molar-refractivity contribution in [2.45, 2.75) is 59.8 Å². The Kier molecular flexibility index (Phi) is 5.25. The normalized spacial score (nSPS) is 18.0. The van der Waals surface area contributed by atoms with Gasteiger partial charge >= 0.3 is 0 Å². The Morgan fingerprint density at radius 3 is 2.71 bits per heavy atom. The van der Waals surface area contributed by atoms with E-state index in [-0.39, 0.29) is 0 Å². The molecular weight excluding hydrogens is 344 g/mol. The Labute approximate surface area is 168 Å². The van der Waals surface area contributed by atoms with E-state index in [1.54, 1.807) is 6.20 Å². The maximum atomic E-state index is 6.27. The first-order chi connectivity index (χ1) is 13.6. The average Bonchev–Trinajstić information content (AvgIpc) is 2.67. The minimum absolute atomic E-state index is 0.493. The number of aryl methyl sites for hydroxylation is 3. The first-order valence-corrected chi connectivity index (χ1v) is 10.5. The fraction of sp³-hybridized carbons (Fsp3) is 0.400. The van der Waals surface area contributed by atoms with Crippen molar-refractivity contribution >= 4 is 11.4 Å². The number of ether oxygens (including phenoxy) is 1. The molecular formula is C25H30N2O. The summed E-state index contributed by atoms with van der Waals surface area (Å²) >= 11 is 0. The van der Waals surface area contributed by atoms with Gasteiger partial charge in [0.05, 0.1) is 17.6 Å². The number of benzene rings is 1. The molecule has 0 bridgehead atoms. The van der Waals surface area contributed by atoms with Gasteiger partial charge in [0.15, 0.2) is 5.75 Å². The van der Waals surface area contributed by atoms with Crippen molar-refractivity contribution in [2.75, 3.05) is 4.90 Å². The van der Waals surface area contributed by atoms with Gasteiger partial charge in [-0.2, -0.15) is 0 Å². The number of pyridine rings is 1. The molecule has 1 aliphatic carbocycles. The lowest BCUT2D eigenvalue weighted by atomic mass is 9.95. The average molecular weight is 375 g/mol. The number of fused-ring (bicyclic) bond motifs is 1. The van der Waals surface area contributed by atoms with Gasteiger partial charge in [0, 0.05) is 18.7 Å². The Balaban J connectivity index is 1.79. The highest BCUT2D eigenvalue weighted by Crippen LogP contribution is 2.46. The highest BCUT2D eigenvalue weighted by atomic mass is 16.5. The molecule has 146 valence electrons. The highest BCUT2D eigenvalue weighted by molar-refractivity contribution is 5.80. The second-order valence-corrected chi connectivity index (χ2v) is 8.17. The molecule has 0 N–H and O–H groups in total. The van der Waals surface area contributed by atoms with E-state index in [9.17, 15) is 0 Å². The van der Waals surface area contributed by atoms with Crippen molar-refractivity contribution < 1.29 is 4.74 Å². The van der Waals surface area contributed by atoms with Crippen LogP contribution in [0.1, 0.15) is 56.2 Å². The van der Waals surface area contributed by atoms with E-state index < -0.39 is 0 Å². The van der Waals surface area contributed by atoms with Crippen LogP contribution in [0.25, 0.3) is 0 Å². The summed E-state index contributed by atoms with van der Waals surface area (Å²) in [4.78, 5) is 6.74. The van der Waals surface area contributed by atoms with Crippen molar-refractivity contribution in [3.05, 3.63) is 70.9 Å². The molecule has 3 heteroatoms. The third kappa shape index (κ3) is 3.46. The summed E-state index contributed by atoms with van der Waals surface area (Å²) in [5.41, 5.74) is 7.47. The molecule has 0 fully saturated rings. The minimum Gasteiger partial charge on any atom is -0.457 e. The van der Waals surface area contributed by atoms with Gasteiger partial charge in [-0.1, -0.05) is 44.9 Å². The van der Waals surface area contributed by atoms with Crippen molar-refractivity contribution in [1.82, 2.24) is 4.98 Å². The van der Waals surface area contributed by atoms with Crippen LogP contribution in [0.2, 0.25) is 0 Å². The van der Waals surface area contributed by atoms with Gasteiger partial charge < -0.3 is 9.64 Å². The third-order valence-corrected chi connectivity index (χ3v) is 5.70. The van der Waals surface area contributed by atoms with E-state index >= 15 is 0 Å². The van der Waals surface area contributed by atoms with Crippen molar-refractivity contribution in [2.24, 2.45) is 5.92 Å². The zero-order valence-electron chi connectivity index (χ0n) is 17.5. The lowest BCUT2D eigenvalue weighted by molar-refractivity contribution is 0.370. The molecule has 0 spiro atoms. The van der Waals surface area contributed by atoms with Crippen LogP contribution >= 0.6 is 0 Å². The number of anilines is 2. The Hall–Kier alpha value is -2.55. The predicted octanol–water partition coefficient (Wildman–Crippen LogP) is 6.77. The molecule has 1 atom stereocenters. The molecule has 0 saturated heterocycles. The monoisotopic (exact) mass is 374 g/mol. The highest BCUT2D eigenvalue weighted by Gasteiger charge is 2.31. The number of rotatable bonds is 5. The van der Waals surface area contributed by atoms with Crippen LogP contribution < -0.4 is 9.64 Å². The second-order valence-electron chi connectivity index (χ2n) is 8.17. The van der Waals surface area contributed by atoms with Crippen LogP contribution in [0.4, 0.5) is 11.4 Å². The van der Waals surface area contributed by atoms with Crippen LogP contribution in [0, 0.1) is 19.8 Å². The molecule has 0 amide bonds. The molecule has 0 saturated carbocycles. The largest absolute Gasteiger partial charge is 0.457 e. The lowest BCUT2D eigenvalue weighted by Crippen LogP contribution is -2.27. The van der Waals surface area contributed by atoms with E-state index in [2.05, 4.69) is 61.9 Å². The van der Waals surface area contributed by atoms with Crippen LogP contribution in [-0.2, 0) is 6.42 Å². The number of hydrogen-bond acceptors (Lipinski definition) is 3. The van der Waals surface area contributed by atoms with Gasteiger partial charge in [-0.15, -0.1) is 0 Å². The summed E-state index contributed by atoms with van der Waals surface area (Å²) in [7, 11) is 0. The quantitative estimate of drug-likeness (QED) is 0.540. The molecule has 2 aromatic rings.